The van der Waals surface area contributed by atoms with E-state index in [0.717, 1.165) is 29.4 Å². The minimum atomic E-state index is 0.527. The van der Waals surface area contributed by atoms with Crippen LogP contribution < -0.4 is 15.4 Å². The number of nitrogens with one attached hydrogen (secondary N) is 2. The molecule has 30 heavy (non-hydrogen) atoms. The van der Waals surface area contributed by atoms with Crippen molar-refractivity contribution in [1.82, 2.24) is 10.6 Å². The molecule has 0 amide bonds. The summed E-state index contributed by atoms with van der Waals surface area (Å²) in [5.41, 5.74) is 4.58. The summed E-state index contributed by atoms with van der Waals surface area (Å²) in [6.45, 7) is 10.5. The van der Waals surface area contributed by atoms with Crippen LogP contribution in [0.1, 0.15) is 36.1 Å². The Balaban J connectivity index is 2.05. The number of rotatable bonds is 12. The Morgan fingerprint density at radius 3 is 2.50 bits per heavy atom. The van der Waals surface area contributed by atoms with Gasteiger partial charge in [-0.2, -0.15) is 0 Å². The van der Waals surface area contributed by atoms with Gasteiger partial charge in [-0.05, 0) is 43.5 Å². The van der Waals surface area contributed by atoms with E-state index in [2.05, 4.69) is 54.8 Å². The molecular formula is C24H35N3O3. The molecule has 0 heterocycles. The summed E-state index contributed by atoms with van der Waals surface area (Å²) in [6, 6.07) is 14.5. The van der Waals surface area contributed by atoms with Crippen LogP contribution in [0.2, 0.25) is 0 Å². The van der Waals surface area contributed by atoms with Crippen molar-refractivity contribution in [3.05, 3.63) is 64.7 Å². The molecular weight excluding hydrogens is 378 g/mol. The third kappa shape index (κ3) is 8.05. The molecule has 2 aromatic carbocycles. The maximum atomic E-state index is 5.94. The zero-order chi connectivity index (χ0) is 21.6. The zero-order valence-electron chi connectivity index (χ0n) is 18.7. The number of nitrogens with zero attached hydrogens (tertiary/aromatic N) is 1. The molecule has 0 radical (unpaired) electrons. The molecule has 0 aliphatic carbocycles. The van der Waals surface area contributed by atoms with Gasteiger partial charge in [-0.15, -0.1) is 0 Å². The average molecular weight is 414 g/mol. The number of aliphatic imine (C=N–C) groups is 1. The molecule has 0 aliphatic heterocycles. The summed E-state index contributed by atoms with van der Waals surface area (Å²) in [7, 11) is 1.71. The van der Waals surface area contributed by atoms with Gasteiger partial charge in [0, 0.05) is 32.4 Å². The van der Waals surface area contributed by atoms with Gasteiger partial charge in [0.25, 0.3) is 0 Å². The summed E-state index contributed by atoms with van der Waals surface area (Å²) in [6.07, 6.45) is 0. The van der Waals surface area contributed by atoms with Crippen LogP contribution in [-0.2, 0) is 29.2 Å². The van der Waals surface area contributed by atoms with Crippen LogP contribution in [0.4, 0.5) is 0 Å². The fourth-order valence-corrected chi connectivity index (χ4v) is 2.99. The van der Waals surface area contributed by atoms with Crippen LogP contribution in [-0.4, -0.2) is 39.4 Å². The van der Waals surface area contributed by atoms with E-state index in [4.69, 9.17) is 19.2 Å². The summed E-state index contributed by atoms with van der Waals surface area (Å²) in [4.78, 5) is 4.76. The van der Waals surface area contributed by atoms with E-state index in [1.807, 2.05) is 19.1 Å². The highest BCUT2D eigenvalue weighted by Gasteiger charge is 2.07. The molecule has 0 spiro atoms. The van der Waals surface area contributed by atoms with Gasteiger partial charge in [-0.3, -0.25) is 0 Å². The number of benzene rings is 2. The number of guanidine groups is 1. The van der Waals surface area contributed by atoms with Crippen molar-refractivity contribution in [2.45, 2.75) is 40.5 Å². The summed E-state index contributed by atoms with van der Waals surface area (Å²) in [5.74, 6) is 1.63. The van der Waals surface area contributed by atoms with Crippen molar-refractivity contribution in [1.29, 1.82) is 0 Å². The minimum Gasteiger partial charge on any atom is -0.491 e. The number of ether oxygens (including phenoxy) is 3. The van der Waals surface area contributed by atoms with Gasteiger partial charge < -0.3 is 24.8 Å². The van der Waals surface area contributed by atoms with Crippen molar-refractivity contribution in [2.75, 3.05) is 33.5 Å². The molecule has 2 aromatic rings. The largest absolute Gasteiger partial charge is 0.491 e. The van der Waals surface area contributed by atoms with Crippen LogP contribution in [0.5, 0.6) is 5.75 Å². The number of hydrogen-bond acceptors (Lipinski definition) is 4. The summed E-state index contributed by atoms with van der Waals surface area (Å²) >= 11 is 0. The fraction of sp³-hybridized carbons (Fsp3) is 0.458. The predicted molar refractivity (Wildman–Crippen MR) is 122 cm³/mol. The second-order valence-corrected chi connectivity index (χ2v) is 6.91. The lowest BCUT2D eigenvalue weighted by atomic mass is 10.1. The molecule has 0 aliphatic rings. The highest BCUT2D eigenvalue weighted by Crippen LogP contribution is 2.21. The predicted octanol–water partition coefficient (Wildman–Crippen LogP) is 3.81. The van der Waals surface area contributed by atoms with E-state index in [9.17, 15) is 0 Å². The van der Waals surface area contributed by atoms with E-state index < -0.39 is 0 Å². The van der Waals surface area contributed by atoms with Crippen molar-refractivity contribution < 1.29 is 14.2 Å². The smallest absolute Gasteiger partial charge is 0.191 e. The highest BCUT2D eigenvalue weighted by atomic mass is 16.5. The van der Waals surface area contributed by atoms with Gasteiger partial charge in [0.15, 0.2) is 5.96 Å². The Morgan fingerprint density at radius 2 is 1.77 bits per heavy atom. The first-order valence-corrected chi connectivity index (χ1v) is 10.6. The lowest BCUT2D eigenvalue weighted by molar-refractivity contribution is 0.110. The first-order valence-electron chi connectivity index (χ1n) is 10.6. The highest BCUT2D eigenvalue weighted by molar-refractivity contribution is 5.79. The quantitative estimate of drug-likeness (QED) is 0.315. The lowest BCUT2D eigenvalue weighted by Crippen LogP contribution is -2.37. The molecule has 0 atom stereocenters. The van der Waals surface area contributed by atoms with E-state index >= 15 is 0 Å². The molecule has 0 unspecified atom stereocenters. The first kappa shape index (κ1) is 23.7. The van der Waals surface area contributed by atoms with E-state index in [0.29, 0.717) is 39.5 Å². The van der Waals surface area contributed by atoms with Gasteiger partial charge in [0.05, 0.1) is 19.8 Å². The van der Waals surface area contributed by atoms with Crippen LogP contribution >= 0.6 is 0 Å². The Kier molecular flexibility index (Phi) is 10.8. The normalized spacial score (nSPS) is 11.4. The Bertz CT molecular complexity index is 793. The zero-order valence-corrected chi connectivity index (χ0v) is 18.7. The molecule has 6 nitrogen and oxygen atoms in total. The molecule has 0 aromatic heterocycles. The summed E-state index contributed by atoms with van der Waals surface area (Å²) < 4.78 is 16.6. The van der Waals surface area contributed by atoms with Gasteiger partial charge >= 0.3 is 0 Å². The van der Waals surface area contributed by atoms with Crippen LogP contribution in [0.15, 0.2) is 47.5 Å². The summed E-state index contributed by atoms with van der Waals surface area (Å²) in [5, 5.41) is 6.73. The molecule has 0 fully saturated rings. The van der Waals surface area contributed by atoms with Gasteiger partial charge in [0.1, 0.15) is 12.4 Å². The van der Waals surface area contributed by atoms with Crippen molar-refractivity contribution in [2.24, 2.45) is 4.99 Å². The Hall–Kier alpha value is -2.57. The molecule has 0 bridgehead atoms. The Labute approximate surface area is 180 Å². The number of aryl methyl sites for hydroxylation is 1. The monoisotopic (exact) mass is 413 g/mol. The van der Waals surface area contributed by atoms with Crippen molar-refractivity contribution >= 4 is 5.96 Å². The third-order valence-corrected chi connectivity index (χ3v) is 4.53. The molecule has 6 heteroatoms. The van der Waals surface area contributed by atoms with Crippen LogP contribution in [0.25, 0.3) is 0 Å². The maximum Gasteiger partial charge on any atom is 0.191 e. The van der Waals surface area contributed by atoms with Gasteiger partial charge in [-0.1, -0.05) is 36.4 Å². The first-order chi connectivity index (χ1) is 14.7. The number of hydrogen-bond donors (Lipinski definition) is 2. The lowest BCUT2D eigenvalue weighted by Gasteiger charge is -2.15. The van der Waals surface area contributed by atoms with Crippen molar-refractivity contribution in [3.8, 4) is 5.75 Å². The molecule has 0 saturated carbocycles. The average Bonchev–Trinajstić information content (AvgIpc) is 2.75. The minimum absolute atomic E-state index is 0.527. The SMILES string of the molecule is CCNC(=NCc1ccc(C)cc1OCCOCC)NCc1ccccc1COC. The van der Waals surface area contributed by atoms with Crippen molar-refractivity contribution in [3.63, 3.8) is 0 Å². The van der Waals surface area contributed by atoms with Crippen LogP contribution in [0.3, 0.4) is 0 Å². The van der Waals surface area contributed by atoms with E-state index in [1.165, 1.54) is 11.1 Å². The molecule has 0 saturated heterocycles. The number of methoxy groups -OCH3 is 1. The standard InChI is InChI=1S/C24H35N3O3/c1-5-25-24(26-16-20-9-7-8-10-22(20)18-28-4)27-17-21-12-11-19(3)15-23(21)30-14-13-29-6-2/h7-12,15H,5-6,13-14,16-18H2,1-4H3,(H2,25,26,27). The van der Waals surface area contributed by atoms with E-state index in [1.54, 1.807) is 7.11 Å². The molecule has 164 valence electrons. The van der Waals surface area contributed by atoms with Crippen LogP contribution in [0, 0.1) is 6.92 Å². The van der Waals surface area contributed by atoms with Gasteiger partial charge in [-0.25, -0.2) is 4.99 Å². The second-order valence-electron chi connectivity index (χ2n) is 6.91. The maximum absolute atomic E-state index is 5.94. The van der Waals surface area contributed by atoms with Gasteiger partial charge in [0.2, 0.25) is 0 Å². The second kappa shape index (κ2) is 13.6. The third-order valence-electron chi connectivity index (χ3n) is 4.53. The fourth-order valence-electron chi connectivity index (χ4n) is 2.99. The molecule has 2 N–H and O–H groups in total. The van der Waals surface area contributed by atoms with E-state index in [-0.39, 0.29) is 0 Å². The topological polar surface area (TPSA) is 64.1 Å². The Morgan fingerprint density at radius 1 is 0.967 bits per heavy atom. The molecule has 2 rings (SSSR count).